The number of Topliss-reactive ketones (excluding diaryl/α,β-unsaturated/α-hetero) is 1. The molecule has 0 aromatic heterocycles. The third-order valence-corrected chi connectivity index (χ3v) is 8.62. The number of carbonyl (C=O) groups is 3. The summed E-state index contributed by atoms with van der Waals surface area (Å²) in [5.41, 5.74) is -2.58. The Balaban J connectivity index is 1.68. The minimum absolute atomic E-state index is 0.00651. The van der Waals surface area contributed by atoms with Gasteiger partial charge in [0.15, 0.2) is 17.9 Å². The summed E-state index contributed by atoms with van der Waals surface area (Å²) in [7, 11) is 1.37. The molecular formula is C29H32O9. The number of benzene rings is 2. The van der Waals surface area contributed by atoms with Crippen LogP contribution in [0.5, 0.6) is 17.2 Å². The Morgan fingerprint density at radius 2 is 1.74 bits per heavy atom. The first-order valence-corrected chi connectivity index (χ1v) is 12.8. The zero-order chi connectivity index (χ0) is 27.7. The van der Waals surface area contributed by atoms with E-state index in [-0.39, 0.29) is 69.9 Å². The van der Waals surface area contributed by atoms with Crippen molar-refractivity contribution in [3.8, 4) is 17.2 Å². The van der Waals surface area contributed by atoms with Crippen LogP contribution in [0.1, 0.15) is 89.6 Å². The third kappa shape index (κ3) is 3.83. The number of aliphatic hydroxyl groups is 1. The second kappa shape index (κ2) is 9.18. The van der Waals surface area contributed by atoms with Gasteiger partial charge in [-0.1, -0.05) is 26.0 Å². The molecule has 202 valence electrons. The summed E-state index contributed by atoms with van der Waals surface area (Å²) in [6, 6.07) is 4.53. The minimum atomic E-state index is -1.92. The molecule has 2 aliphatic carbocycles. The van der Waals surface area contributed by atoms with Gasteiger partial charge in [-0.05, 0) is 31.7 Å². The third-order valence-electron chi connectivity index (χ3n) is 8.62. The number of phenols is 2. The van der Waals surface area contributed by atoms with Crippen molar-refractivity contribution in [2.75, 3.05) is 7.11 Å². The number of fused-ring (bicyclic) bond motifs is 3. The topological polar surface area (TPSA) is 140 Å². The molecule has 6 atom stereocenters. The highest BCUT2D eigenvalue weighted by Gasteiger charge is 2.49. The number of ketones is 3. The standard InChI is InChI=1S/C29H32O9/c1-12-9-20(37-14(3)13(12)2)38-19-11-29(35,15(4)30)10-17-22(19)28(34)24-23(26(17)32)25(31)16-7-6-8-18(36-5)21(16)27(24)33/h6-8,12-14,19-20,32,34-35H,9-11H2,1-5H3/t12-,13-,14-,19-,20-,29-/m0/s1. The van der Waals surface area contributed by atoms with E-state index >= 15 is 0 Å². The van der Waals surface area contributed by atoms with Crippen molar-refractivity contribution < 1.29 is 43.9 Å². The molecule has 3 aliphatic rings. The van der Waals surface area contributed by atoms with E-state index in [0.717, 1.165) is 0 Å². The lowest BCUT2D eigenvalue weighted by Crippen LogP contribution is -2.46. The van der Waals surface area contributed by atoms with Gasteiger partial charge in [0.25, 0.3) is 0 Å². The SMILES string of the molecule is COc1cccc2c1C(=O)c1c(O)c3c(c(O)c1C2=O)C[C@@](O)(C(C)=O)C[C@@H]3O[C@H]1C[C@H](C)[C@H](C)[C@H](C)O1. The lowest BCUT2D eigenvalue weighted by Gasteiger charge is -2.42. The van der Waals surface area contributed by atoms with E-state index in [4.69, 9.17) is 14.2 Å². The van der Waals surface area contributed by atoms with Gasteiger partial charge >= 0.3 is 0 Å². The van der Waals surface area contributed by atoms with Gasteiger partial charge < -0.3 is 29.5 Å². The second-order valence-electron chi connectivity index (χ2n) is 10.8. The summed E-state index contributed by atoms with van der Waals surface area (Å²) in [6.45, 7) is 7.33. The molecule has 0 amide bonds. The van der Waals surface area contributed by atoms with Crippen molar-refractivity contribution in [3.63, 3.8) is 0 Å². The van der Waals surface area contributed by atoms with E-state index in [1.165, 1.54) is 26.2 Å². The highest BCUT2D eigenvalue weighted by molar-refractivity contribution is 6.31. The normalized spacial score (nSPS) is 30.3. The van der Waals surface area contributed by atoms with Crippen molar-refractivity contribution in [1.82, 2.24) is 0 Å². The highest BCUT2D eigenvalue weighted by atomic mass is 16.7. The first-order chi connectivity index (χ1) is 17.9. The molecule has 2 aromatic carbocycles. The second-order valence-corrected chi connectivity index (χ2v) is 10.8. The first kappa shape index (κ1) is 26.3. The van der Waals surface area contributed by atoms with Crippen LogP contribution < -0.4 is 4.74 Å². The van der Waals surface area contributed by atoms with Gasteiger partial charge in [0.1, 0.15) is 22.8 Å². The predicted molar refractivity (Wildman–Crippen MR) is 135 cm³/mol. The number of rotatable bonds is 4. The van der Waals surface area contributed by atoms with Crippen molar-refractivity contribution >= 4 is 17.3 Å². The molecule has 1 aliphatic heterocycles. The largest absolute Gasteiger partial charge is 0.507 e. The number of hydrogen-bond donors (Lipinski definition) is 3. The number of hydrogen-bond acceptors (Lipinski definition) is 9. The summed E-state index contributed by atoms with van der Waals surface area (Å²) in [5.74, 6) is -2.29. The van der Waals surface area contributed by atoms with Crippen LogP contribution in [-0.4, -0.2) is 57.8 Å². The van der Waals surface area contributed by atoms with Gasteiger partial charge in [0.05, 0.1) is 36.0 Å². The molecule has 0 unspecified atom stereocenters. The maximum absolute atomic E-state index is 13.7. The molecule has 0 saturated carbocycles. The predicted octanol–water partition coefficient (Wildman–Crippen LogP) is 3.61. The Morgan fingerprint density at radius 3 is 2.37 bits per heavy atom. The van der Waals surface area contributed by atoms with Crippen LogP contribution >= 0.6 is 0 Å². The fourth-order valence-corrected chi connectivity index (χ4v) is 5.97. The van der Waals surface area contributed by atoms with Gasteiger partial charge in [0, 0.05) is 36.0 Å². The maximum atomic E-state index is 13.7. The highest BCUT2D eigenvalue weighted by Crippen LogP contribution is 2.52. The molecule has 9 nitrogen and oxygen atoms in total. The molecule has 1 fully saturated rings. The Labute approximate surface area is 220 Å². The van der Waals surface area contributed by atoms with Gasteiger partial charge in [-0.2, -0.15) is 0 Å². The molecule has 9 heteroatoms. The molecule has 1 heterocycles. The van der Waals surface area contributed by atoms with Crippen molar-refractivity contribution in [2.45, 2.75) is 71.1 Å². The van der Waals surface area contributed by atoms with Gasteiger partial charge in [0.2, 0.25) is 5.78 Å². The van der Waals surface area contributed by atoms with Gasteiger partial charge in [-0.3, -0.25) is 14.4 Å². The van der Waals surface area contributed by atoms with E-state index in [9.17, 15) is 29.7 Å². The molecule has 1 saturated heterocycles. The lowest BCUT2D eigenvalue weighted by molar-refractivity contribution is -0.243. The van der Waals surface area contributed by atoms with Gasteiger partial charge in [-0.25, -0.2) is 0 Å². The van der Waals surface area contributed by atoms with E-state index in [2.05, 4.69) is 13.8 Å². The van der Waals surface area contributed by atoms with E-state index in [1.807, 2.05) is 6.92 Å². The molecule has 0 radical (unpaired) electrons. The van der Waals surface area contributed by atoms with Crippen molar-refractivity contribution in [1.29, 1.82) is 0 Å². The van der Waals surface area contributed by atoms with Crippen LogP contribution in [-0.2, 0) is 20.7 Å². The monoisotopic (exact) mass is 524 g/mol. The molecule has 0 bridgehead atoms. The summed E-state index contributed by atoms with van der Waals surface area (Å²) in [6.07, 6.45) is -1.96. The van der Waals surface area contributed by atoms with Crippen molar-refractivity contribution in [2.24, 2.45) is 11.8 Å². The fourth-order valence-electron chi connectivity index (χ4n) is 5.97. The smallest absolute Gasteiger partial charge is 0.202 e. The van der Waals surface area contributed by atoms with Crippen LogP contribution in [0.25, 0.3) is 0 Å². The lowest BCUT2D eigenvalue weighted by atomic mass is 9.72. The molecule has 0 spiro atoms. The van der Waals surface area contributed by atoms with Crippen LogP contribution in [0.3, 0.4) is 0 Å². The summed E-state index contributed by atoms with van der Waals surface area (Å²) in [5, 5.41) is 34.2. The number of aromatic hydroxyl groups is 2. The van der Waals surface area contributed by atoms with E-state index in [0.29, 0.717) is 6.42 Å². The first-order valence-electron chi connectivity index (χ1n) is 12.8. The average Bonchev–Trinajstić information content (AvgIpc) is 2.87. The summed E-state index contributed by atoms with van der Waals surface area (Å²) >= 11 is 0. The van der Waals surface area contributed by atoms with Crippen LogP contribution in [0.15, 0.2) is 18.2 Å². The number of carbonyl (C=O) groups excluding carboxylic acids is 3. The number of ether oxygens (including phenoxy) is 3. The van der Waals surface area contributed by atoms with Crippen molar-refractivity contribution in [3.05, 3.63) is 51.6 Å². The molecular weight excluding hydrogens is 492 g/mol. The molecule has 5 rings (SSSR count). The summed E-state index contributed by atoms with van der Waals surface area (Å²) in [4.78, 5) is 39.7. The van der Waals surface area contributed by atoms with Crippen LogP contribution in [0.2, 0.25) is 0 Å². The number of phenolic OH excluding ortho intramolecular Hbond substituents is 2. The van der Waals surface area contributed by atoms with E-state index in [1.54, 1.807) is 6.07 Å². The Bertz CT molecular complexity index is 1350. The van der Waals surface area contributed by atoms with Crippen LogP contribution in [0, 0.1) is 11.8 Å². The Morgan fingerprint density at radius 1 is 1.05 bits per heavy atom. The summed E-state index contributed by atoms with van der Waals surface area (Å²) < 4.78 is 17.6. The zero-order valence-corrected chi connectivity index (χ0v) is 22.0. The molecule has 2 aromatic rings. The average molecular weight is 525 g/mol. The van der Waals surface area contributed by atoms with E-state index < -0.39 is 46.8 Å². The Kier molecular flexibility index (Phi) is 6.37. The molecule has 3 N–H and O–H groups in total. The Hall–Kier alpha value is -3.27. The zero-order valence-electron chi connectivity index (χ0n) is 22.0. The fraction of sp³-hybridized carbons (Fsp3) is 0.483. The van der Waals surface area contributed by atoms with Crippen LogP contribution in [0.4, 0.5) is 0 Å². The molecule has 38 heavy (non-hydrogen) atoms. The quantitative estimate of drug-likeness (QED) is 0.437. The number of methoxy groups -OCH3 is 1. The maximum Gasteiger partial charge on any atom is 0.202 e. The van der Waals surface area contributed by atoms with Gasteiger partial charge in [-0.15, -0.1) is 0 Å². The minimum Gasteiger partial charge on any atom is -0.507 e.